The Morgan fingerprint density at radius 3 is 2.92 bits per heavy atom. The number of carbonyl (C=O) groups excluding carboxylic acids is 1. The van der Waals surface area contributed by atoms with E-state index in [2.05, 4.69) is 16.9 Å². The molecule has 0 saturated carbocycles. The fourth-order valence-electron chi connectivity index (χ4n) is 0.926. The molecule has 0 radical (unpaired) electrons. The standard InChI is InChI=1S/C9H11N3O/c1-3-4-5-8(13)7-6-11-12(2)9(7)10/h6H,5,10H2,1-2H3. The zero-order valence-corrected chi connectivity index (χ0v) is 7.66. The van der Waals surface area contributed by atoms with Crippen molar-refractivity contribution in [2.24, 2.45) is 7.05 Å². The Labute approximate surface area is 76.7 Å². The maximum atomic E-state index is 11.4. The SMILES string of the molecule is CC#CCC(=O)c1cnn(C)c1N. The predicted molar refractivity (Wildman–Crippen MR) is 50.0 cm³/mol. The number of carbonyl (C=O) groups is 1. The van der Waals surface area contributed by atoms with E-state index < -0.39 is 0 Å². The average molecular weight is 177 g/mol. The summed E-state index contributed by atoms with van der Waals surface area (Å²) >= 11 is 0. The van der Waals surface area contributed by atoms with Crippen LogP contribution in [-0.4, -0.2) is 15.6 Å². The van der Waals surface area contributed by atoms with Gasteiger partial charge in [0.25, 0.3) is 0 Å². The van der Waals surface area contributed by atoms with Crippen LogP contribution in [0.2, 0.25) is 0 Å². The lowest BCUT2D eigenvalue weighted by Gasteiger charge is -1.95. The van der Waals surface area contributed by atoms with Gasteiger partial charge in [0.05, 0.1) is 18.2 Å². The number of hydrogen-bond donors (Lipinski definition) is 1. The number of Topliss-reactive ketones (excluding diaryl/α,β-unsaturated/α-hetero) is 1. The first-order chi connectivity index (χ1) is 6.16. The fraction of sp³-hybridized carbons (Fsp3) is 0.333. The number of rotatable bonds is 2. The molecule has 2 N–H and O–H groups in total. The van der Waals surface area contributed by atoms with E-state index in [0.29, 0.717) is 11.4 Å². The first kappa shape index (κ1) is 9.33. The molecule has 4 nitrogen and oxygen atoms in total. The quantitative estimate of drug-likeness (QED) is 0.531. The second-order valence-electron chi connectivity index (χ2n) is 2.59. The largest absolute Gasteiger partial charge is 0.383 e. The highest BCUT2D eigenvalue weighted by molar-refractivity contribution is 6.01. The van der Waals surface area contributed by atoms with Gasteiger partial charge >= 0.3 is 0 Å². The van der Waals surface area contributed by atoms with E-state index in [-0.39, 0.29) is 12.2 Å². The zero-order valence-electron chi connectivity index (χ0n) is 7.66. The molecule has 0 aliphatic carbocycles. The molecule has 0 saturated heterocycles. The van der Waals surface area contributed by atoms with E-state index in [1.165, 1.54) is 10.9 Å². The van der Waals surface area contributed by atoms with E-state index in [9.17, 15) is 4.79 Å². The minimum Gasteiger partial charge on any atom is -0.383 e. The Morgan fingerprint density at radius 2 is 2.46 bits per heavy atom. The van der Waals surface area contributed by atoms with Crippen LogP contribution in [0, 0.1) is 11.8 Å². The molecule has 1 heterocycles. The summed E-state index contributed by atoms with van der Waals surface area (Å²) in [6, 6.07) is 0. The normalized spacial score (nSPS) is 9.08. The molecule has 0 aliphatic heterocycles. The van der Waals surface area contributed by atoms with Gasteiger partial charge in [0.1, 0.15) is 5.82 Å². The predicted octanol–water partition coefficient (Wildman–Crippen LogP) is 0.598. The van der Waals surface area contributed by atoms with Crippen LogP contribution in [0.1, 0.15) is 23.7 Å². The molecule has 0 fully saturated rings. The van der Waals surface area contributed by atoms with Gasteiger partial charge in [0.2, 0.25) is 0 Å². The van der Waals surface area contributed by atoms with Crippen LogP contribution in [0.3, 0.4) is 0 Å². The van der Waals surface area contributed by atoms with Crippen molar-refractivity contribution in [2.45, 2.75) is 13.3 Å². The van der Waals surface area contributed by atoms with Crippen molar-refractivity contribution in [3.63, 3.8) is 0 Å². The van der Waals surface area contributed by atoms with Crippen molar-refractivity contribution in [3.8, 4) is 11.8 Å². The van der Waals surface area contributed by atoms with Gasteiger partial charge in [-0.3, -0.25) is 9.48 Å². The molecule has 1 aromatic rings. The zero-order chi connectivity index (χ0) is 9.84. The number of anilines is 1. The van der Waals surface area contributed by atoms with Gasteiger partial charge < -0.3 is 5.73 Å². The molecule has 0 amide bonds. The lowest BCUT2D eigenvalue weighted by atomic mass is 10.1. The minimum atomic E-state index is -0.0834. The molecule has 4 heteroatoms. The molecule has 1 aromatic heterocycles. The summed E-state index contributed by atoms with van der Waals surface area (Å²) in [4.78, 5) is 11.4. The third-order valence-electron chi connectivity index (χ3n) is 1.71. The van der Waals surface area contributed by atoms with Crippen molar-refractivity contribution in [2.75, 3.05) is 5.73 Å². The van der Waals surface area contributed by atoms with Gasteiger partial charge in [-0.05, 0) is 6.92 Å². The Bertz CT molecular complexity index is 381. The number of nitrogens with zero attached hydrogens (tertiary/aromatic N) is 2. The Kier molecular flexibility index (Phi) is 2.70. The summed E-state index contributed by atoms with van der Waals surface area (Å²) < 4.78 is 1.46. The van der Waals surface area contributed by atoms with E-state index in [1.54, 1.807) is 14.0 Å². The summed E-state index contributed by atoms with van der Waals surface area (Å²) in [7, 11) is 1.69. The van der Waals surface area contributed by atoms with Crippen LogP contribution in [0.4, 0.5) is 5.82 Å². The third kappa shape index (κ3) is 1.88. The molecule has 0 atom stereocenters. The topological polar surface area (TPSA) is 60.9 Å². The van der Waals surface area contributed by atoms with E-state index in [0.717, 1.165) is 0 Å². The van der Waals surface area contributed by atoms with E-state index in [1.807, 2.05) is 0 Å². The van der Waals surface area contributed by atoms with Crippen molar-refractivity contribution in [1.29, 1.82) is 0 Å². The molecule has 0 spiro atoms. The summed E-state index contributed by atoms with van der Waals surface area (Å²) in [5.74, 6) is 5.65. The van der Waals surface area contributed by atoms with Gasteiger partial charge in [-0.15, -0.1) is 5.92 Å². The molecule has 1 rings (SSSR count). The van der Waals surface area contributed by atoms with Crippen LogP contribution < -0.4 is 5.73 Å². The van der Waals surface area contributed by atoms with Gasteiger partial charge in [0, 0.05) is 7.05 Å². The second-order valence-corrected chi connectivity index (χ2v) is 2.59. The van der Waals surface area contributed by atoms with Gasteiger partial charge in [-0.1, -0.05) is 5.92 Å². The highest BCUT2D eigenvalue weighted by Crippen LogP contribution is 2.11. The molecule has 13 heavy (non-hydrogen) atoms. The number of aryl methyl sites for hydroxylation is 1. The Hall–Kier alpha value is -1.76. The molecule has 0 aromatic carbocycles. The van der Waals surface area contributed by atoms with E-state index in [4.69, 9.17) is 5.73 Å². The number of hydrogen-bond acceptors (Lipinski definition) is 3. The van der Waals surface area contributed by atoms with E-state index >= 15 is 0 Å². The summed E-state index contributed by atoms with van der Waals surface area (Å²) in [6.07, 6.45) is 1.67. The van der Waals surface area contributed by atoms with Crippen LogP contribution in [-0.2, 0) is 7.05 Å². The molecule has 0 bridgehead atoms. The average Bonchev–Trinajstić information content (AvgIpc) is 2.44. The maximum Gasteiger partial charge on any atom is 0.180 e. The lowest BCUT2D eigenvalue weighted by molar-refractivity contribution is 0.0999. The monoisotopic (exact) mass is 177 g/mol. The van der Waals surface area contributed by atoms with Gasteiger partial charge in [-0.25, -0.2) is 0 Å². The maximum absolute atomic E-state index is 11.4. The molecular formula is C9H11N3O. The minimum absolute atomic E-state index is 0.0834. The molecule has 0 unspecified atom stereocenters. The van der Waals surface area contributed by atoms with Crippen molar-refractivity contribution >= 4 is 11.6 Å². The van der Waals surface area contributed by atoms with Gasteiger partial charge in [0.15, 0.2) is 5.78 Å². The number of aromatic nitrogens is 2. The van der Waals surface area contributed by atoms with Crippen LogP contribution in [0.15, 0.2) is 6.20 Å². The van der Waals surface area contributed by atoms with Crippen LogP contribution >= 0.6 is 0 Å². The number of nitrogen functional groups attached to an aromatic ring is 1. The lowest BCUT2D eigenvalue weighted by Crippen LogP contribution is -2.04. The smallest absolute Gasteiger partial charge is 0.180 e. The number of ketones is 1. The summed E-state index contributed by atoms with van der Waals surface area (Å²) in [6.45, 7) is 1.69. The number of nitrogens with two attached hydrogens (primary N) is 1. The van der Waals surface area contributed by atoms with Crippen molar-refractivity contribution < 1.29 is 4.79 Å². The molecule has 0 aliphatic rings. The summed E-state index contributed by atoms with van der Waals surface area (Å²) in [5, 5.41) is 3.87. The van der Waals surface area contributed by atoms with Crippen LogP contribution in [0.25, 0.3) is 0 Å². The van der Waals surface area contributed by atoms with Crippen molar-refractivity contribution in [3.05, 3.63) is 11.8 Å². The third-order valence-corrected chi connectivity index (χ3v) is 1.71. The van der Waals surface area contributed by atoms with Crippen molar-refractivity contribution in [1.82, 2.24) is 9.78 Å². The highest BCUT2D eigenvalue weighted by Gasteiger charge is 2.11. The van der Waals surface area contributed by atoms with Crippen LogP contribution in [0.5, 0.6) is 0 Å². The highest BCUT2D eigenvalue weighted by atomic mass is 16.1. The fourth-order valence-corrected chi connectivity index (χ4v) is 0.926. The molecule has 68 valence electrons. The molecular weight excluding hydrogens is 166 g/mol. The first-order valence-corrected chi connectivity index (χ1v) is 3.87. The van der Waals surface area contributed by atoms with Gasteiger partial charge in [-0.2, -0.15) is 5.10 Å². The summed E-state index contributed by atoms with van der Waals surface area (Å²) in [5.41, 5.74) is 6.06. The first-order valence-electron chi connectivity index (χ1n) is 3.87. The Balaban J connectivity index is 2.87. The Morgan fingerprint density at radius 1 is 1.77 bits per heavy atom. The second kappa shape index (κ2) is 3.76.